The van der Waals surface area contributed by atoms with Crippen LogP contribution in [0.3, 0.4) is 0 Å². The van der Waals surface area contributed by atoms with E-state index in [1.807, 2.05) is 13.8 Å². The summed E-state index contributed by atoms with van der Waals surface area (Å²) in [5.74, 6) is 0. The van der Waals surface area contributed by atoms with Crippen LogP contribution in [0.4, 0.5) is 0 Å². The number of thiocarbonyl (C=S) groups is 1. The molecule has 0 aliphatic carbocycles. The molecule has 0 aromatic rings. The summed E-state index contributed by atoms with van der Waals surface area (Å²) in [6.07, 6.45) is 1.14. The summed E-state index contributed by atoms with van der Waals surface area (Å²) < 4.78 is 5.17. The van der Waals surface area contributed by atoms with E-state index < -0.39 is 0 Å². The van der Waals surface area contributed by atoms with E-state index in [0.29, 0.717) is 0 Å². The monoisotopic (exact) mass is 172 g/mol. The van der Waals surface area contributed by atoms with E-state index in [1.165, 1.54) is 0 Å². The summed E-state index contributed by atoms with van der Waals surface area (Å²) in [6, 6.07) is 0. The molecule has 0 aliphatic rings. The van der Waals surface area contributed by atoms with Crippen LogP contribution in [0.2, 0.25) is 0 Å². The molecule has 0 saturated heterocycles. The molecule has 0 aromatic carbocycles. The molecular weight excluding hydrogens is 163 g/mol. The Morgan fingerprint density at radius 3 is 2.33 bits per heavy atom. The first-order chi connectivity index (χ1) is 3.66. The molecule has 1 nitrogen and oxygen atoms in total. The van der Waals surface area contributed by atoms with Gasteiger partial charge in [-0.15, -0.1) is 0 Å². The molecule has 48 valence electrons. The molecule has 0 radical (unpaired) electrons. The molecule has 9 heavy (non-hydrogen) atoms. The van der Waals surface area contributed by atoms with Gasteiger partial charge in [-0.2, -0.15) is 0 Å². The second-order valence-corrected chi connectivity index (χ2v) is 2.59. The molecule has 1 unspecified atom stereocenters. The van der Waals surface area contributed by atoms with Crippen molar-refractivity contribution in [2.75, 3.05) is 0 Å². The zero-order valence-electron chi connectivity index (χ0n) is 6.01. The maximum Gasteiger partial charge on any atom is 1.00 e. The van der Waals surface area contributed by atoms with Crippen molar-refractivity contribution in [1.82, 2.24) is 0 Å². The summed E-state index contributed by atoms with van der Waals surface area (Å²) in [5.41, 5.74) is 0. The van der Waals surface area contributed by atoms with E-state index in [-0.39, 0.29) is 40.0 Å². The van der Waals surface area contributed by atoms with Crippen molar-refractivity contribution >= 4 is 29.2 Å². The van der Waals surface area contributed by atoms with Gasteiger partial charge in [-0.05, 0) is 13.3 Å². The topological polar surface area (TPSA) is 9.23 Å². The smallest absolute Gasteiger partial charge is 0.511 e. The minimum atomic E-state index is 0. The molecular formula is C5H9NaOS2. The molecule has 0 aromatic heterocycles. The predicted molar refractivity (Wildman–Crippen MR) is 40.8 cm³/mol. The van der Waals surface area contributed by atoms with Crippen molar-refractivity contribution in [3.05, 3.63) is 0 Å². The van der Waals surface area contributed by atoms with Gasteiger partial charge in [0.25, 0.3) is 0 Å². The van der Waals surface area contributed by atoms with Gasteiger partial charge in [0.15, 0.2) is 0 Å². The average molecular weight is 172 g/mol. The SMILES string of the molecule is CCC(C)OC(=S)[S-].[Na+]. The molecule has 0 fully saturated rings. The van der Waals surface area contributed by atoms with Gasteiger partial charge in [0.1, 0.15) is 0 Å². The van der Waals surface area contributed by atoms with Crippen LogP contribution >= 0.6 is 12.2 Å². The van der Waals surface area contributed by atoms with Crippen molar-refractivity contribution in [1.29, 1.82) is 0 Å². The second-order valence-electron chi connectivity index (χ2n) is 1.59. The van der Waals surface area contributed by atoms with Gasteiger partial charge in [0.2, 0.25) is 0 Å². The van der Waals surface area contributed by atoms with Crippen LogP contribution in [0.25, 0.3) is 0 Å². The molecule has 0 amide bonds. The molecule has 4 heteroatoms. The van der Waals surface area contributed by atoms with E-state index in [0.717, 1.165) is 6.42 Å². The van der Waals surface area contributed by atoms with Crippen molar-refractivity contribution in [3.63, 3.8) is 0 Å². The number of ether oxygens (including phenoxy) is 1. The van der Waals surface area contributed by atoms with Crippen LogP contribution in [0.15, 0.2) is 0 Å². The number of hydrogen-bond donors (Lipinski definition) is 0. The third-order valence-corrected chi connectivity index (χ3v) is 1.06. The van der Waals surface area contributed by atoms with Crippen LogP contribution in [-0.2, 0) is 17.4 Å². The van der Waals surface area contributed by atoms with Crippen LogP contribution in [0.1, 0.15) is 20.3 Å². The fourth-order valence-corrected chi connectivity index (χ4v) is 0.576. The summed E-state index contributed by atoms with van der Waals surface area (Å²) in [7, 11) is 0. The summed E-state index contributed by atoms with van der Waals surface area (Å²) in [4.78, 5) is 0. The minimum absolute atomic E-state index is 0. The molecule has 0 rings (SSSR count). The Balaban J connectivity index is 0. The summed E-state index contributed by atoms with van der Waals surface area (Å²) >= 11 is 9.06. The molecule has 0 spiro atoms. The Labute approximate surface area is 89.2 Å². The predicted octanol–water partition coefficient (Wildman–Crippen LogP) is -1.36. The molecule has 1 atom stereocenters. The summed E-state index contributed by atoms with van der Waals surface area (Å²) in [6.45, 7) is 3.97. The van der Waals surface area contributed by atoms with Crippen molar-refractivity contribution in [2.24, 2.45) is 0 Å². The Morgan fingerprint density at radius 2 is 2.22 bits per heavy atom. The van der Waals surface area contributed by atoms with E-state index >= 15 is 0 Å². The molecule has 0 aliphatic heterocycles. The van der Waals surface area contributed by atoms with E-state index in [9.17, 15) is 0 Å². The normalized spacial score (nSPS) is 11.3. The Kier molecular flexibility index (Phi) is 10.2. The van der Waals surface area contributed by atoms with Gasteiger partial charge in [-0.3, -0.25) is 0 Å². The zero-order valence-corrected chi connectivity index (χ0v) is 9.64. The average Bonchev–Trinajstić information content (AvgIpc) is 1.65. The third-order valence-electron chi connectivity index (χ3n) is 0.872. The fourth-order valence-electron chi connectivity index (χ4n) is 0.248. The van der Waals surface area contributed by atoms with Crippen LogP contribution in [0.5, 0.6) is 0 Å². The van der Waals surface area contributed by atoms with Crippen molar-refractivity contribution in [2.45, 2.75) is 26.4 Å². The maximum absolute atomic E-state index is 4.95. The van der Waals surface area contributed by atoms with Gasteiger partial charge >= 0.3 is 29.6 Å². The van der Waals surface area contributed by atoms with E-state index in [4.69, 9.17) is 4.74 Å². The molecule has 0 N–H and O–H groups in total. The van der Waals surface area contributed by atoms with Gasteiger partial charge in [-0.25, -0.2) is 0 Å². The van der Waals surface area contributed by atoms with Crippen molar-refractivity contribution in [3.8, 4) is 0 Å². The first kappa shape index (κ1) is 12.8. The molecule has 0 bridgehead atoms. The standard InChI is InChI=1S/C5H10OS2.Na/c1-3-4(2)6-5(7)8;/h4H,3H2,1-2H3,(H,7,8);/q;+1/p-1. The van der Waals surface area contributed by atoms with Crippen LogP contribution < -0.4 is 29.6 Å². The van der Waals surface area contributed by atoms with Gasteiger partial charge in [0.05, 0.1) is 6.10 Å². The fraction of sp³-hybridized carbons (Fsp3) is 0.800. The summed E-state index contributed by atoms with van der Waals surface area (Å²) in [5, 5.41) is 0. The largest absolute Gasteiger partial charge is 1.00 e. The van der Waals surface area contributed by atoms with Crippen LogP contribution in [0, 0.1) is 0 Å². The number of hydrogen-bond acceptors (Lipinski definition) is 3. The quantitative estimate of drug-likeness (QED) is 0.289. The maximum atomic E-state index is 4.95. The first-order valence-electron chi connectivity index (χ1n) is 2.54. The Bertz CT molecular complexity index is 87.0. The third kappa shape index (κ3) is 9.11. The van der Waals surface area contributed by atoms with Crippen molar-refractivity contribution < 1.29 is 34.3 Å². The Hall–Kier alpha value is 1.11. The Morgan fingerprint density at radius 1 is 1.78 bits per heavy atom. The minimum Gasteiger partial charge on any atom is -0.511 e. The van der Waals surface area contributed by atoms with Gasteiger partial charge in [-0.1, -0.05) is 6.92 Å². The van der Waals surface area contributed by atoms with E-state index in [2.05, 4.69) is 24.8 Å². The van der Waals surface area contributed by atoms with Crippen LogP contribution in [-0.4, -0.2) is 10.5 Å². The number of rotatable bonds is 2. The first-order valence-corrected chi connectivity index (χ1v) is 3.36. The molecule has 0 saturated carbocycles. The van der Waals surface area contributed by atoms with E-state index in [1.54, 1.807) is 0 Å². The van der Waals surface area contributed by atoms with Gasteiger partial charge in [0, 0.05) is 4.38 Å². The zero-order chi connectivity index (χ0) is 6.57. The molecule has 0 heterocycles. The second kappa shape index (κ2) is 7.22. The van der Waals surface area contributed by atoms with Gasteiger partial charge < -0.3 is 29.6 Å².